The molecule has 5 N–H and O–H groups in total. The molecule has 8 aromatic rings. The van der Waals surface area contributed by atoms with Crippen molar-refractivity contribution in [2.75, 3.05) is 28.4 Å². The molecule has 0 aliphatic heterocycles. The number of aromatic nitrogens is 3. The van der Waals surface area contributed by atoms with Gasteiger partial charge in [-0.15, -0.1) is 35.8 Å². The second kappa shape index (κ2) is 18.9. The van der Waals surface area contributed by atoms with E-state index in [1.165, 1.54) is 95.2 Å². The Kier molecular flexibility index (Phi) is 13.2. The predicted molar refractivity (Wildman–Crippen MR) is 253 cm³/mol. The highest BCUT2D eigenvalue weighted by Gasteiger charge is 2.25. The van der Waals surface area contributed by atoms with E-state index in [9.17, 15) is 57.0 Å². The van der Waals surface area contributed by atoms with Gasteiger partial charge in [-0.3, -0.25) is 18.2 Å². The molecule has 0 radical (unpaired) electrons. The molecular weight excluding hydrogens is 1030 g/mol. The van der Waals surface area contributed by atoms with Gasteiger partial charge in [0, 0.05) is 40.4 Å². The van der Waals surface area contributed by atoms with Crippen LogP contribution in [0.4, 0.5) is 34.1 Å². The van der Waals surface area contributed by atoms with Crippen molar-refractivity contribution in [3.8, 4) is 34.4 Å². The molecule has 0 unspecified atom stereocenters. The van der Waals surface area contributed by atoms with Crippen molar-refractivity contribution in [1.82, 2.24) is 15.0 Å². The minimum Gasteiger partial charge on any atom is -0.505 e. The Morgan fingerprint density at radius 3 is 1.43 bits per heavy atom. The molecule has 26 nitrogen and oxygen atoms in total. The van der Waals surface area contributed by atoms with Crippen LogP contribution in [-0.2, 0) is 40.5 Å². The van der Waals surface area contributed by atoms with Gasteiger partial charge in [0.2, 0.25) is 0 Å². The number of phenols is 1. The van der Waals surface area contributed by atoms with E-state index in [4.69, 9.17) is 18.9 Å². The Morgan fingerprint density at radius 2 is 0.944 bits per heavy atom. The molecule has 0 saturated heterocycles. The summed E-state index contributed by atoms with van der Waals surface area (Å²) in [6.07, 6.45) is 0. The van der Waals surface area contributed by atoms with Gasteiger partial charge >= 0.3 is 0 Å². The quantitative estimate of drug-likeness (QED) is 0.0473. The standard InChI is InChI=1S/C42H33N9O17S4/c1-65-34-18-31(35(66-2)17-30(34)44-43-22-5-8-24(9-6-22)69(53,54)55)45-46-32-19-37(68-4)33(20-36(32)67-3)47-48-41-39(72(62,63)64)14-21-13-23(7-10-26(21)42(41)52)51-49-29-12-11-27-28(40(29)50-51)15-25(70(56,57)58)16-38(27)71(59,60)61/h5-20,52H,1-4H3,(H,53,54,55)(H,56,57,58)(H,59,60,61)(H,62,63,64). The highest BCUT2D eigenvalue weighted by Crippen LogP contribution is 2.46. The third kappa shape index (κ3) is 10.1. The van der Waals surface area contributed by atoms with Crippen LogP contribution < -0.4 is 18.9 Å². The molecule has 0 saturated carbocycles. The Hall–Kier alpha value is -8.10. The molecule has 72 heavy (non-hydrogen) atoms. The summed E-state index contributed by atoms with van der Waals surface area (Å²) in [5.74, 6) is -0.318. The highest BCUT2D eigenvalue weighted by atomic mass is 32.2. The van der Waals surface area contributed by atoms with Crippen LogP contribution in [0.2, 0.25) is 0 Å². The number of azo groups is 3. The summed E-state index contributed by atoms with van der Waals surface area (Å²) in [6.45, 7) is 0. The van der Waals surface area contributed by atoms with Gasteiger partial charge in [0.25, 0.3) is 40.5 Å². The maximum atomic E-state index is 12.8. The molecule has 372 valence electrons. The third-order valence-corrected chi connectivity index (χ3v) is 13.9. The summed E-state index contributed by atoms with van der Waals surface area (Å²) < 4.78 is 158. The number of phenolic OH excluding ortho intramolecular Hbond substituents is 1. The number of ether oxygens (including phenoxy) is 4. The first-order valence-electron chi connectivity index (χ1n) is 19.8. The normalized spacial score (nSPS) is 12.8. The Balaban J connectivity index is 1.12. The molecule has 0 atom stereocenters. The molecule has 1 heterocycles. The lowest BCUT2D eigenvalue weighted by atomic mass is 10.1. The summed E-state index contributed by atoms with van der Waals surface area (Å²) >= 11 is 0. The van der Waals surface area contributed by atoms with Gasteiger partial charge in [-0.25, -0.2) is 0 Å². The smallest absolute Gasteiger partial charge is 0.296 e. The minimum absolute atomic E-state index is 0.00654. The van der Waals surface area contributed by atoms with Crippen molar-refractivity contribution in [1.29, 1.82) is 0 Å². The Morgan fingerprint density at radius 1 is 0.458 bits per heavy atom. The van der Waals surface area contributed by atoms with Gasteiger partial charge in [0.05, 0.1) is 49.6 Å². The van der Waals surface area contributed by atoms with Crippen molar-refractivity contribution in [2.45, 2.75) is 19.6 Å². The van der Waals surface area contributed by atoms with Crippen molar-refractivity contribution in [2.24, 2.45) is 30.7 Å². The summed E-state index contributed by atoms with van der Waals surface area (Å²) in [5, 5.41) is 44.9. The van der Waals surface area contributed by atoms with Gasteiger partial charge < -0.3 is 24.1 Å². The van der Waals surface area contributed by atoms with Crippen LogP contribution in [0.3, 0.4) is 0 Å². The van der Waals surface area contributed by atoms with E-state index in [1.54, 1.807) is 0 Å². The number of methoxy groups -OCH3 is 4. The molecule has 0 spiro atoms. The molecule has 7 aromatic carbocycles. The zero-order valence-corrected chi connectivity index (χ0v) is 40.3. The Bertz CT molecular complexity index is 4110. The molecule has 0 aliphatic carbocycles. The fraction of sp³-hybridized carbons (Fsp3) is 0.0952. The average Bonchev–Trinajstić information content (AvgIpc) is 3.78. The van der Waals surface area contributed by atoms with Gasteiger partial charge in [-0.1, -0.05) is 6.07 Å². The number of hydrogen-bond acceptors (Lipinski definition) is 21. The van der Waals surface area contributed by atoms with Crippen molar-refractivity contribution in [3.63, 3.8) is 0 Å². The van der Waals surface area contributed by atoms with Crippen LogP contribution in [0.25, 0.3) is 38.3 Å². The number of hydrogen-bond donors (Lipinski definition) is 5. The number of rotatable bonds is 15. The monoisotopic (exact) mass is 1060 g/mol. The van der Waals surface area contributed by atoms with Crippen molar-refractivity contribution >= 4 is 107 Å². The lowest BCUT2D eigenvalue weighted by Gasteiger charge is -2.11. The highest BCUT2D eigenvalue weighted by molar-refractivity contribution is 7.87. The van der Waals surface area contributed by atoms with E-state index < -0.39 is 66.6 Å². The second-order valence-electron chi connectivity index (χ2n) is 14.8. The average molecular weight is 1060 g/mol. The molecule has 8 rings (SSSR count). The third-order valence-electron chi connectivity index (χ3n) is 10.4. The fourth-order valence-electron chi connectivity index (χ4n) is 7.04. The zero-order chi connectivity index (χ0) is 52.1. The second-order valence-corrected chi connectivity index (χ2v) is 20.4. The summed E-state index contributed by atoms with van der Waals surface area (Å²) in [6, 6.07) is 19.7. The largest absolute Gasteiger partial charge is 0.505 e. The first kappa shape index (κ1) is 50.3. The van der Waals surface area contributed by atoms with Crippen LogP contribution in [0.15, 0.2) is 147 Å². The van der Waals surface area contributed by atoms with Crippen LogP contribution in [0, 0.1) is 0 Å². The molecule has 0 aliphatic rings. The van der Waals surface area contributed by atoms with Crippen LogP contribution in [0.1, 0.15) is 0 Å². The number of aromatic hydroxyl groups is 1. The van der Waals surface area contributed by atoms with Gasteiger partial charge in [0.1, 0.15) is 72.3 Å². The molecule has 30 heteroatoms. The van der Waals surface area contributed by atoms with E-state index >= 15 is 0 Å². The first-order chi connectivity index (χ1) is 33.9. The number of nitrogens with zero attached hydrogens (tertiary/aromatic N) is 9. The molecule has 0 bridgehead atoms. The molecule has 0 fully saturated rings. The van der Waals surface area contributed by atoms with E-state index in [1.807, 2.05) is 0 Å². The van der Waals surface area contributed by atoms with E-state index in [-0.39, 0.29) is 94.6 Å². The summed E-state index contributed by atoms with van der Waals surface area (Å²) in [5.41, 5.74) is 0.106. The van der Waals surface area contributed by atoms with Crippen LogP contribution in [-0.4, -0.2) is 100 Å². The Labute approximate surface area is 406 Å². The zero-order valence-electron chi connectivity index (χ0n) is 37.0. The van der Waals surface area contributed by atoms with E-state index in [0.29, 0.717) is 6.07 Å². The lowest BCUT2D eigenvalue weighted by Crippen LogP contribution is -2.04. The summed E-state index contributed by atoms with van der Waals surface area (Å²) in [4.78, 5) is -1.86. The van der Waals surface area contributed by atoms with Crippen molar-refractivity contribution < 1.29 is 75.9 Å². The lowest BCUT2D eigenvalue weighted by molar-refractivity contribution is 0.403. The minimum atomic E-state index is -5.14. The van der Waals surface area contributed by atoms with Crippen LogP contribution >= 0.6 is 0 Å². The maximum Gasteiger partial charge on any atom is 0.296 e. The predicted octanol–water partition coefficient (Wildman–Crippen LogP) is 8.70. The van der Waals surface area contributed by atoms with Gasteiger partial charge in [-0.2, -0.15) is 43.6 Å². The van der Waals surface area contributed by atoms with E-state index in [0.717, 1.165) is 29.1 Å². The van der Waals surface area contributed by atoms with Gasteiger partial charge in [0.15, 0.2) is 5.75 Å². The SMILES string of the molecule is COc1cc(N=Nc2cc(OC)c(N=Nc3c(S(=O)(=O)O)cc4cc(-n5nc6ccc7c(S(=O)(=O)O)cc(S(=O)(=O)O)cc7c6n5)ccc4c3O)cc2OC)c(OC)cc1N=Nc1ccc(S(=O)(=O)O)cc1. The van der Waals surface area contributed by atoms with Crippen LogP contribution in [0.5, 0.6) is 28.7 Å². The summed E-state index contributed by atoms with van der Waals surface area (Å²) in [7, 11) is -14.2. The van der Waals surface area contributed by atoms with Gasteiger partial charge in [-0.05, 0) is 72.1 Å². The topological polar surface area (TPSA) is 380 Å². The van der Waals surface area contributed by atoms with Crippen molar-refractivity contribution in [3.05, 3.63) is 97.1 Å². The maximum absolute atomic E-state index is 12.8. The first-order valence-corrected chi connectivity index (χ1v) is 25.6. The molecular formula is C42H33N9O17S4. The molecule has 1 aromatic heterocycles. The number of fused-ring (bicyclic) bond motifs is 4. The number of benzene rings is 7. The van der Waals surface area contributed by atoms with E-state index in [2.05, 4.69) is 40.9 Å². The molecule has 0 amide bonds. The fourth-order valence-corrected chi connectivity index (χ4v) is 9.52.